The third kappa shape index (κ3) is 3.22. The molecule has 0 unspecified atom stereocenters. The molecule has 3 aromatic rings. The molecule has 0 amide bonds. The zero-order valence-electron chi connectivity index (χ0n) is 10.5. The Morgan fingerprint density at radius 3 is 2.95 bits per heavy atom. The Morgan fingerprint density at radius 1 is 1.20 bits per heavy atom. The molecule has 1 aromatic heterocycles. The van der Waals surface area contributed by atoms with Crippen LogP contribution in [-0.2, 0) is 11.1 Å². The first-order chi connectivity index (χ1) is 9.74. The summed E-state index contributed by atoms with van der Waals surface area (Å²) in [5.41, 5.74) is 2.01. The average molecular weight is 368 g/mol. The molecule has 102 valence electrons. The van der Waals surface area contributed by atoms with Gasteiger partial charge in [0.05, 0.1) is 16.0 Å². The van der Waals surface area contributed by atoms with Crippen LogP contribution in [0.5, 0.6) is 0 Å². The zero-order valence-corrected chi connectivity index (χ0v) is 13.7. The Balaban J connectivity index is 1.76. The Morgan fingerprint density at radius 2 is 2.10 bits per heavy atom. The van der Waals surface area contributed by atoms with Crippen molar-refractivity contribution in [3.63, 3.8) is 0 Å². The summed E-state index contributed by atoms with van der Waals surface area (Å²) >= 11 is 6.85. The van der Waals surface area contributed by atoms with Crippen LogP contribution in [-0.4, -0.2) is 4.98 Å². The van der Waals surface area contributed by atoms with Gasteiger partial charge >= 0.3 is 0 Å². The summed E-state index contributed by atoms with van der Waals surface area (Å²) in [6.45, 7) is 0. The van der Waals surface area contributed by atoms with Crippen LogP contribution in [0.4, 0.5) is 4.39 Å². The number of benzene rings is 2. The van der Waals surface area contributed by atoms with E-state index in [0.29, 0.717) is 0 Å². The predicted molar refractivity (Wildman–Crippen MR) is 88.2 cm³/mol. The van der Waals surface area contributed by atoms with Gasteiger partial charge in [0.1, 0.15) is 10.8 Å². The number of halogens is 2. The molecule has 1 nitrogen and oxygen atoms in total. The van der Waals surface area contributed by atoms with E-state index in [0.717, 1.165) is 26.3 Å². The second-order valence-corrected chi connectivity index (χ2v) is 7.01. The van der Waals surface area contributed by atoms with Gasteiger partial charge in [-0.3, -0.25) is 0 Å². The first kappa shape index (κ1) is 14.0. The number of nitrogens with zero attached hydrogens (tertiary/aromatic N) is 1. The maximum absolute atomic E-state index is 13.1. The Bertz CT molecular complexity index is 742. The fourth-order valence-corrected chi connectivity index (χ4v) is 4.14. The monoisotopic (exact) mass is 367 g/mol. The van der Waals surface area contributed by atoms with E-state index in [4.69, 9.17) is 0 Å². The molecule has 0 aliphatic heterocycles. The highest BCUT2D eigenvalue weighted by atomic mass is 79.9. The summed E-state index contributed by atoms with van der Waals surface area (Å²) in [5.74, 6) is 0.583. The highest BCUT2D eigenvalue weighted by Crippen LogP contribution is 2.29. The van der Waals surface area contributed by atoms with Crippen LogP contribution >= 0.6 is 39.0 Å². The minimum absolute atomic E-state index is 0.230. The SMILES string of the molecule is Fc1ccc2sc(CSc3cccc(CBr)c3)nc2c1. The summed E-state index contributed by atoms with van der Waals surface area (Å²) in [5, 5.41) is 1.89. The van der Waals surface area contributed by atoms with Gasteiger partial charge in [-0.15, -0.1) is 23.1 Å². The van der Waals surface area contributed by atoms with Gasteiger partial charge in [-0.05, 0) is 29.8 Å². The van der Waals surface area contributed by atoms with Crippen molar-refractivity contribution in [3.05, 3.63) is 58.9 Å². The largest absolute Gasteiger partial charge is 0.240 e. The van der Waals surface area contributed by atoms with Crippen LogP contribution in [0.3, 0.4) is 0 Å². The van der Waals surface area contributed by atoms with Gasteiger partial charge < -0.3 is 0 Å². The summed E-state index contributed by atoms with van der Waals surface area (Å²) in [7, 11) is 0. The van der Waals surface area contributed by atoms with Gasteiger partial charge in [0, 0.05) is 16.3 Å². The summed E-state index contributed by atoms with van der Waals surface area (Å²) in [6, 6.07) is 13.2. The second kappa shape index (κ2) is 6.24. The first-order valence-corrected chi connectivity index (χ1v) is 8.99. The van der Waals surface area contributed by atoms with E-state index in [1.165, 1.54) is 22.6 Å². The zero-order chi connectivity index (χ0) is 13.9. The van der Waals surface area contributed by atoms with Crippen LogP contribution in [0.25, 0.3) is 10.2 Å². The molecule has 20 heavy (non-hydrogen) atoms. The number of fused-ring (bicyclic) bond motifs is 1. The standard InChI is InChI=1S/C15H11BrFNS2/c16-8-10-2-1-3-12(6-10)19-9-15-18-13-7-11(17)4-5-14(13)20-15/h1-7H,8-9H2. The summed E-state index contributed by atoms with van der Waals surface area (Å²) < 4.78 is 14.2. The maximum atomic E-state index is 13.1. The van der Waals surface area contributed by atoms with E-state index in [9.17, 15) is 4.39 Å². The fourth-order valence-electron chi connectivity index (χ4n) is 1.87. The highest BCUT2D eigenvalue weighted by Gasteiger charge is 2.06. The van der Waals surface area contributed by atoms with Crippen LogP contribution in [0.1, 0.15) is 10.6 Å². The van der Waals surface area contributed by atoms with Crippen LogP contribution < -0.4 is 0 Å². The second-order valence-electron chi connectivity index (χ2n) is 4.29. The Labute approximate surface area is 133 Å². The lowest BCUT2D eigenvalue weighted by molar-refractivity contribution is 0.629. The molecule has 0 aliphatic rings. The molecule has 0 aliphatic carbocycles. The van der Waals surface area contributed by atoms with Crippen LogP contribution in [0.2, 0.25) is 0 Å². The van der Waals surface area contributed by atoms with E-state index in [1.54, 1.807) is 29.2 Å². The average Bonchev–Trinajstić information content (AvgIpc) is 2.87. The predicted octanol–water partition coefficient (Wildman–Crippen LogP) is 5.62. The van der Waals surface area contributed by atoms with Gasteiger partial charge in [0.2, 0.25) is 0 Å². The molecule has 0 saturated carbocycles. The van der Waals surface area contributed by atoms with Crippen molar-refractivity contribution in [2.45, 2.75) is 16.0 Å². The molecule has 0 bridgehead atoms. The normalized spacial score (nSPS) is 11.1. The third-order valence-electron chi connectivity index (χ3n) is 2.81. The van der Waals surface area contributed by atoms with E-state index >= 15 is 0 Å². The van der Waals surface area contributed by atoms with Gasteiger partial charge in [-0.25, -0.2) is 9.37 Å². The molecule has 0 radical (unpaired) electrons. The molecular formula is C15H11BrFNS2. The number of aromatic nitrogens is 1. The molecule has 2 aromatic carbocycles. The van der Waals surface area contributed by atoms with Crippen molar-refractivity contribution in [2.24, 2.45) is 0 Å². The topological polar surface area (TPSA) is 12.9 Å². The molecular weight excluding hydrogens is 357 g/mol. The Kier molecular flexibility index (Phi) is 4.38. The van der Waals surface area contributed by atoms with Crippen molar-refractivity contribution in [3.8, 4) is 0 Å². The molecule has 0 fully saturated rings. The minimum Gasteiger partial charge on any atom is -0.240 e. The van der Waals surface area contributed by atoms with Crippen LogP contribution in [0.15, 0.2) is 47.4 Å². The number of thioether (sulfide) groups is 1. The van der Waals surface area contributed by atoms with Crippen LogP contribution in [0, 0.1) is 5.82 Å². The van der Waals surface area contributed by atoms with Gasteiger partial charge in [-0.2, -0.15) is 0 Å². The Hall–Kier alpha value is -0.910. The minimum atomic E-state index is -0.230. The number of rotatable bonds is 4. The third-order valence-corrected chi connectivity index (χ3v) is 5.68. The van der Waals surface area contributed by atoms with Gasteiger partial charge in [0.25, 0.3) is 0 Å². The van der Waals surface area contributed by atoms with Crippen molar-refractivity contribution in [2.75, 3.05) is 0 Å². The highest BCUT2D eigenvalue weighted by molar-refractivity contribution is 9.08. The smallest absolute Gasteiger partial charge is 0.125 e. The van der Waals surface area contributed by atoms with Crippen molar-refractivity contribution in [1.82, 2.24) is 4.98 Å². The molecule has 1 heterocycles. The van der Waals surface area contributed by atoms with Gasteiger partial charge in [-0.1, -0.05) is 28.1 Å². The van der Waals surface area contributed by atoms with E-state index in [2.05, 4.69) is 45.2 Å². The molecule has 5 heteroatoms. The molecule has 0 atom stereocenters. The number of hydrogen-bond acceptors (Lipinski definition) is 3. The van der Waals surface area contributed by atoms with E-state index in [1.807, 2.05) is 0 Å². The summed E-state index contributed by atoms with van der Waals surface area (Å²) in [6.07, 6.45) is 0. The number of thiazole rings is 1. The molecule has 0 N–H and O–H groups in total. The first-order valence-electron chi connectivity index (χ1n) is 6.07. The lowest BCUT2D eigenvalue weighted by Gasteiger charge is -2.01. The van der Waals surface area contributed by atoms with Crippen molar-refractivity contribution < 1.29 is 4.39 Å². The maximum Gasteiger partial charge on any atom is 0.125 e. The fraction of sp³-hybridized carbons (Fsp3) is 0.133. The van der Waals surface area contributed by atoms with Crippen molar-refractivity contribution in [1.29, 1.82) is 0 Å². The molecule has 0 saturated heterocycles. The van der Waals surface area contributed by atoms with E-state index in [-0.39, 0.29) is 5.82 Å². The summed E-state index contributed by atoms with van der Waals surface area (Å²) in [4.78, 5) is 5.71. The lowest BCUT2D eigenvalue weighted by Crippen LogP contribution is -1.81. The quantitative estimate of drug-likeness (QED) is 0.438. The molecule has 3 rings (SSSR count). The van der Waals surface area contributed by atoms with E-state index < -0.39 is 0 Å². The van der Waals surface area contributed by atoms with Gasteiger partial charge in [0.15, 0.2) is 0 Å². The number of alkyl halides is 1. The lowest BCUT2D eigenvalue weighted by atomic mass is 10.2. The van der Waals surface area contributed by atoms with Crippen molar-refractivity contribution >= 4 is 49.2 Å². The number of hydrogen-bond donors (Lipinski definition) is 0. The molecule has 0 spiro atoms.